The van der Waals surface area contributed by atoms with Crippen LogP contribution < -0.4 is 5.32 Å². The fourth-order valence-corrected chi connectivity index (χ4v) is 4.52. The fraction of sp³-hybridized carbons (Fsp3) is 0.233. The molecular formula is C30H26F6N4O2. The highest BCUT2D eigenvalue weighted by Crippen LogP contribution is 2.36. The van der Waals surface area contributed by atoms with Gasteiger partial charge in [-0.25, -0.2) is 0 Å². The number of para-hydroxylation sites is 1. The van der Waals surface area contributed by atoms with E-state index in [0.717, 1.165) is 21.4 Å². The molecule has 2 aromatic carbocycles. The van der Waals surface area contributed by atoms with Crippen molar-refractivity contribution in [3.8, 4) is 0 Å². The second kappa shape index (κ2) is 12.1. The number of fused-ring (bicyclic) bond motifs is 1. The van der Waals surface area contributed by atoms with Crippen molar-refractivity contribution in [2.75, 3.05) is 7.05 Å². The highest BCUT2D eigenvalue weighted by atomic mass is 19.4. The van der Waals surface area contributed by atoms with Gasteiger partial charge in [-0.1, -0.05) is 30.3 Å². The van der Waals surface area contributed by atoms with Crippen molar-refractivity contribution in [2.24, 2.45) is 7.05 Å². The molecule has 4 rings (SSSR count). The van der Waals surface area contributed by atoms with Crippen LogP contribution in [0.25, 0.3) is 10.9 Å². The summed E-state index contributed by atoms with van der Waals surface area (Å²) < 4.78 is 82.5. The quantitative estimate of drug-likeness (QED) is 0.198. The van der Waals surface area contributed by atoms with E-state index in [0.29, 0.717) is 17.8 Å². The number of rotatable bonds is 8. The van der Waals surface area contributed by atoms with E-state index in [-0.39, 0.29) is 19.0 Å². The molecule has 0 fully saturated rings. The summed E-state index contributed by atoms with van der Waals surface area (Å²) in [6.45, 7) is 0.122. The van der Waals surface area contributed by atoms with Crippen LogP contribution in [0.15, 0.2) is 85.2 Å². The number of carbonyl (C=O) groups is 2. The first-order chi connectivity index (χ1) is 19.7. The Bertz CT molecular complexity index is 1580. The topological polar surface area (TPSA) is 67.2 Å². The standard InChI is InChI=1S/C30H26F6N4O2/c1-39-18-20(25-8-3-4-9-26(25)39)15-24(10-11-27(41)38-17-23-7-5-6-12-37-23)40(2)28(42)19-13-21(29(31,32)33)16-22(14-19)30(34,35)36/h3-14,16,18,24H,15,17H2,1-2H3,(H,38,41). The average molecular weight is 589 g/mol. The molecule has 0 aliphatic heterocycles. The minimum Gasteiger partial charge on any atom is -0.350 e. The summed E-state index contributed by atoms with van der Waals surface area (Å²) in [5, 5.41) is 3.50. The van der Waals surface area contributed by atoms with E-state index in [4.69, 9.17) is 0 Å². The maximum absolute atomic E-state index is 13.4. The molecule has 1 N–H and O–H groups in total. The molecule has 0 aliphatic carbocycles. The molecule has 1 atom stereocenters. The minimum atomic E-state index is -5.11. The van der Waals surface area contributed by atoms with Crippen molar-refractivity contribution < 1.29 is 35.9 Å². The Morgan fingerprint density at radius 2 is 1.62 bits per heavy atom. The molecule has 2 heterocycles. The third kappa shape index (κ3) is 7.17. The summed E-state index contributed by atoms with van der Waals surface area (Å²) in [7, 11) is 3.08. The van der Waals surface area contributed by atoms with Gasteiger partial charge in [0.25, 0.3) is 5.91 Å². The number of hydrogen-bond donors (Lipinski definition) is 1. The zero-order valence-electron chi connectivity index (χ0n) is 22.5. The van der Waals surface area contributed by atoms with Gasteiger partial charge in [-0.05, 0) is 48.4 Å². The number of nitrogens with one attached hydrogen (secondary N) is 1. The predicted octanol–water partition coefficient (Wildman–Crippen LogP) is 6.17. The number of nitrogens with zero attached hydrogens (tertiary/aromatic N) is 3. The van der Waals surface area contributed by atoms with Crippen molar-refractivity contribution >= 4 is 22.7 Å². The van der Waals surface area contributed by atoms with E-state index >= 15 is 0 Å². The number of alkyl halides is 6. The van der Waals surface area contributed by atoms with Crippen molar-refractivity contribution in [1.29, 1.82) is 0 Å². The Hall–Kier alpha value is -4.61. The lowest BCUT2D eigenvalue weighted by Crippen LogP contribution is -2.38. The predicted molar refractivity (Wildman–Crippen MR) is 144 cm³/mol. The molecule has 2 aromatic heterocycles. The molecule has 220 valence electrons. The second-order valence-corrected chi connectivity index (χ2v) is 9.66. The van der Waals surface area contributed by atoms with Crippen LogP contribution in [0.5, 0.6) is 0 Å². The van der Waals surface area contributed by atoms with Crippen LogP contribution in [-0.2, 0) is 37.2 Å². The number of aryl methyl sites for hydroxylation is 1. The maximum atomic E-state index is 13.4. The molecule has 0 bridgehead atoms. The molecule has 0 aliphatic rings. The zero-order valence-corrected chi connectivity index (χ0v) is 22.5. The van der Waals surface area contributed by atoms with E-state index in [1.165, 1.54) is 19.2 Å². The molecular weight excluding hydrogens is 562 g/mol. The SMILES string of the molecule is CN(C(=O)c1cc(C(F)(F)F)cc(C(F)(F)F)c1)C(C=CC(=O)NCc1ccccn1)Cc1cn(C)c2ccccc12. The van der Waals surface area contributed by atoms with Gasteiger partial charge in [0, 0.05) is 49.0 Å². The number of halogens is 6. The molecule has 12 heteroatoms. The third-order valence-electron chi connectivity index (χ3n) is 6.70. The molecule has 4 aromatic rings. The molecule has 1 unspecified atom stereocenters. The van der Waals surface area contributed by atoms with Gasteiger partial charge >= 0.3 is 12.4 Å². The third-order valence-corrected chi connectivity index (χ3v) is 6.70. The Labute approximate surface area is 237 Å². The molecule has 2 amide bonds. The van der Waals surface area contributed by atoms with Gasteiger partial charge < -0.3 is 14.8 Å². The smallest absolute Gasteiger partial charge is 0.350 e. The van der Waals surface area contributed by atoms with Crippen LogP contribution in [0, 0.1) is 0 Å². The van der Waals surface area contributed by atoms with Crippen molar-refractivity contribution in [3.05, 3.63) is 113 Å². The van der Waals surface area contributed by atoms with Gasteiger partial charge in [-0.2, -0.15) is 26.3 Å². The summed E-state index contributed by atoms with van der Waals surface area (Å²) >= 11 is 0. The molecule has 6 nitrogen and oxygen atoms in total. The largest absolute Gasteiger partial charge is 0.416 e. The number of aromatic nitrogens is 2. The van der Waals surface area contributed by atoms with Gasteiger partial charge in [0.05, 0.1) is 29.4 Å². The van der Waals surface area contributed by atoms with Crippen LogP contribution >= 0.6 is 0 Å². The summed E-state index contributed by atoms with van der Waals surface area (Å²) in [6, 6.07) is 12.4. The summed E-state index contributed by atoms with van der Waals surface area (Å²) in [5.74, 6) is -1.60. The number of likely N-dealkylation sites (N-methyl/N-ethyl adjacent to an activating group) is 1. The molecule has 42 heavy (non-hydrogen) atoms. The van der Waals surface area contributed by atoms with Gasteiger partial charge in [-0.15, -0.1) is 0 Å². The number of benzene rings is 2. The van der Waals surface area contributed by atoms with Crippen LogP contribution in [0.4, 0.5) is 26.3 Å². The van der Waals surface area contributed by atoms with Crippen molar-refractivity contribution in [3.63, 3.8) is 0 Å². The van der Waals surface area contributed by atoms with Crippen molar-refractivity contribution in [1.82, 2.24) is 19.8 Å². The van der Waals surface area contributed by atoms with Crippen LogP contribution in [-0.4, -0.2) is 39.4 Å². The van der Waals surface area contributed by atoms with Gasteiger partial charge in [0.1, 0.15) is 0 Å². The summed E-state index contributed by atoms with van der Waals surface area (Å²) in [5.41, 5.74) is -1.73. The van der Waals surface area contributed by atoms with Gasteiger partial charge in [0.15, 0.2) is 0 Å². The van der Waals surface area contributed by atoms with Crippen molar-refractivity contribution in [2.45, 2.75) is 31.4 Å². The minimum absolute atomic E-state index is 0.0315. The van der Waals surface area contributed by atoms with Crippen LogP contribution in [0.3, 0.4) is 0 Å². The summed E-state index contributed by atoms with van der Waals surface area (Å²) in [4.78, 5) is 31.1. The van der Waals surface area contributed by atoms with Crippen LogP contribution in [0.2, 0.25) is 0 Å². The van der Waals surface area contributed by atoms with E-state index in [1.54, 1.807) is 24.4 Å². The molecule has 0 saturated heterocycles. The van der Waals surface area contributed by atoms with E-state index in [9.17, 15) is 35.9 Å². The highest BCUT2D eigenvalue weighted by molar-refractivity contribution is 5.95. The zero-order chi connectivity index (χ0) is 30.7. The van der Waals surface area contributed by atoms with Gasteiger partial charge in [-0.3, -0.25) is 14.6 Å². The number of pyridine rings is 1. The normalized spacial score (nSPS) is 13.0. The van der Waals surface area contributed by atoms with E-state index in [1.807, 2.05) is 42.1 Å². The maximum Gasteiger partial charge on any atom is 0.416 e. The molecule has 0 radical (unpaired) electrons. The lowest BCUT2D eigenvalue weighted by atomic mass is 10.0. The molecule has 0 saturated carbocycles. The highest BCUT2D eigenvalue weighted by Gasteiger charge is 2.38. The van der Waals surface area contributed by atoms with E-state index < -0.39 is 46.9 Å². The fourth-order valence-electron chi connectivity index (χ4n) is 4.52. The lowest BCUT2D eigenvalue weighted by Gasteiger charge is -2.27. The average Bonchev–Trinajstić information content (AvgIpc) is 3.27. The van der Waals surface area contributed by atoms with Gasteiger partial charge in [0.2, 0.25) is 5.91 Å². The first kappa shape index (κ1) is 30.4. The Morgan fingerprint density at radius 1 is 0.976 bits per heavy atom. The Morgan fingerprint density at radius 3 is 2.24 bits per heavy atom. The Balaban J connectivity index is 1.67. The lowest BCUT2D eigenvalue weighted by molar-refractivity contribution is -0.143. The number of amides is 2. The summed E-state index contributed by atoms with van der Waals surface area (Å²) in [6.07, 6.45) is -4.14. The molecule has 0 spiro atoms. The first-order valence-electron chi connectivity index (χ1n) is 12.7. The first-order valence-corrected chi connectivity index (χ1v) is 12.7. The second-order valence-electron chi connectivity index (χ2n) is 9.66. The van der Waals surface area contributed by atoms with E-state index in [2.05, 4.69) is 10.3 Å². The number of hydrogen-bond acceptors (Lipinski definition) is 3. The Kier molecular flexibility index (Phi) is 8.74. The monoisotopic (exact) mass is 588 g/mol. The number of carbonyl (C=O) groups excluding carboxylic acids is 2. The van der Waals surface area contributed by atoms with Crippen LogP contribution in [0.1, 0.15) is 32.7 Å².